The number of amides is 1. The Labute approximate surface area is 115 Å². The number of nitrogens with one attached hydrogen (secondary N) is 1. The van der Waals surface area contributed by atoms with Gasteiger partial charge in [0.25, 0.3) is 0 Å². The maximum absolute atomic E-state index is 11.5. The third-order valence-corrected chi connectivity index (χ3v) is 3.87. The largest absolute Gasteiger partial charge is 0.453 e. The Morgan fingerprint density at radius 1 is 1.63 bits per heavy atom. The standard InChI is InChI=1S/C14H26N2O3/c1-6-11-8-7-9-16(11)14(4,18)12(10(2)3)15-13(17)19-5/h6,10-12,18H,1,7-9H2,2-5H3,(H,15,17)/t11-,12+,14?/m1/s1. The van der Waals surface area contributed by atoms with Crippen LogP contribution in [-0.4, -0.2) is 47.6 Å². The zero-order valence-corrected chi connectivity index (χ0v) is 12.3. The first-order valence-electron chi connectivity index (χ1n) is 6.80. The second-order valence-electron chi connectivity index (χ2n) is 5.59. The SMILES string of the molecule is C=C[C@@H]1CCCN1C(C)(O)[C@@H](NC(=O)OC)C(C)C. The Morgan fingerprint density at radius 3 is 2.74 bits per heavy atom. The van der Waals surface area contributed by atoms with Crippen molar-refractivity contribution in [1.29, 1.82) is 0 Å². The van der Waals surface area contributed by atoms with Crippen LogP contribution in [-0.2, 0) is 4.74 Å². The van der Waals surface area contributed by atoms with Crippen molar-refractivity contribution in [3.8, 4) is 0 Å². The summed E-state index contributed by atoms with van der Waals surface area (Å²) in [5.41, 5.74) is -1.13. The van der Waals surface area contributed by atoms with Gasteiger partial charge in [0, 0.05) is 12.6 Å². The summed E-state index contributed by atoms with van der Waals surface area (Å²) in [6.07, 6.45) is 3.35. The first-order chi connectivity index (χ1) is 8.84. The van der Waals surface area contributed by atoms with Gasteiger partial charge >= 0.3 is 6.09 Å². The Kier molecular flexibility index (Phi) is 5.38. The predicted molar refractivity (Wildman–Crippen MR) is 74.7 cm³/mol. The molecular formula is C14H26N2O3. The highest BCUT2D eigenvalue weighted by atomic mass is 16.5. The van der Waals surface area contributed by atoms with Crippen LogP contribution in [0.2, 0.25) is 0 Å². The molecule has 0 aromatic carbocycles. The van der Waals surface area contributed by atoms with Crippen molar-refractivity contribution in [2.24, 2.45) is 5.92 Å². The molecule has 0 saturated carbocycles. The average molecular weight is 270 g/mol. The monoisotopic (exact) mass is 270 g/mol. The summed E-state index contributed by atoms with van der Waals surface area (Å²) in [6.45, 7) is 10.3. The number of methoxy groups -OCH3 is 1. The lowest BCUT2D eigenvalue weighted by molar-refractivity contribution is -0.127. The number of carbonyl (C=O) groups excluding carboxylic acids is 1. The maximum atomic E-state index is 11.5. The number of hydrogen-bond acceptors (Lipinski definition) is 4. The highest BCUT2D eigenvalue weighted by Gasteiger charge is 2.44. The summed E-state index contributed by atoms with van der Waals surface area (Å²) in [5, 5.41) is 13.6. The van der Waals surface area contributed by atoms with Crippen LogP contribution in [0.4, 0.5) is 4.79 Å². The first kappa shape index (κ1) is 16.0. The molecule has 1 heterocycles. The molecule has 5 nitrogen and oxygen atoms in total. The van der Waals surface area contributed by atoms with Gasteiger partial charge in [-0.3, -0.25) is 4.90 Å². The van der Waals surface area contributed by atoms with Gasteiger partial charge in [0.2, 0.25) is 0 Å². The van der Waals surface area contributed by atoms with E-state index in [4.69, 9.17) is 0 Å². The molecule has 110 valence electrons. The topological polar surface area (TPSA) is 61.8 Å². The van der Waals surface area contributed by atoms with E-state index in [-0.39, 0.29) is 12.0 Å². The van der Waals surface area contributed by atoms with Crippen LogP contribution in [0.15, 0.2) is 12.7 Å². The van der Waals surface area contributed by atoms with Crippen LogP contribution in [0.3, 0.4) is 0 Å². The van der Waals surface area contributed by atoms with Gasteiger partial charge in [0.05, 0.1) is 13.2 Å². The molecule has 1 saturated heterocycles. The molecule has 0 aromatic rings. The zero-order valence-electron chi connectivity index (χ0n) is 12.3. The molecule has 1 fully saturated rings. The van der Waals surface area contributed by atoms with Crippen LogP contribution < -0.4 is 5.32 Å². The molecule has 0 aromatic heterocycles. The summed E-state index contributed by atoms with van der Waals surface area (Å²) in [6, 6.07) is -0.254. The predicted octanol–water partition coefficient (Wildman–Crippen LogP) is 1.73. The van der Waals surface area contributed by atoms with E-state index < -0.39 is 17.9 Å². The van der Waals surface area contributed by atoms with Gasteiger partial charge in [-0.15, -0.1) is 6.58 Å². The number of ether oxygens (including phenoxy) is 1. The van der Waals surface area contributed by atoms with Crippen LogP contribution in [0.25, 0.3) is 0 Å². The number of carbonyl (C=O) groups is 1. The van der Waals surface area contributed by atoms with Crippen molar-refractivity contribution < 1.29 is 14.6 Å². The number of nitrogens with zero attached hydrogens (tertiary/aromatic N) is 1. The van der Waals surface area contributed by atoms with E-state index in [0.29, 0.717) is 0 Å². The maximum Gasteiger partial charge on any atom is 0.407 e. The zero-order chi connectivity index (χ0) is 14.6. The number of likely N-dealkylation sites (tertiary alicyclic amines) is 1. The van der Waals surface area contributed by atoms with Crippen molar-refractivity contribution in [2.45, 2.75) is 51.4 Å². The molecule has 5 heteroatoms. The van der Waals surface area contributed by atoms with E-state index in [1.807, 2.05) is 24.8 Å². The minimum Gasteiger partial charge on any atom is -0.453 e. The first-order valence-corrected chi connectivity index (χ1v) is 6.80. The van der Waals surface area contributed by atoms with E-state index in [0.717, 1.165) is 19.4 Å². The van der Waals surface area contributed by atoms with Gasteiger partial charge in [-0.1, -0.05) is 19.9 Å². The van der Waals surface area contributed by atoms with Crippen LogP contribution >= 0.6 is 0 Å². The quantitative estimate of drug-likeness (QED) is 0.747. The van der Waals surface area contributed by atoms with Gasteiger partial charge in [0.15, 0.2) is 0 Å². The van der Waals surface area contributed by atoms with Gasteiger partial charge in [-0.2, -0.15) is 0 Å². The lowest BCUT2D eigenvalue weighted by Crippen LogP contribution is -2.63. The smallest absolute Gasteiger partial charge is 0.407 e. The Bertz CT molecular complexity index is 329. The third kappa shape index (κ3) is 3.48. The number of alkyl carbamates (subject to hydrolysis) is 1. The molecule has 1 unspecified atom stereocenters. The average Bonchev–Trinajstić information content (AvgIpc) is 2.83. The molecule has 1 rings (SSSR count). The summed E-state index contributed by atoms with van der Waals surface area (Å²) in [5.74, 6) is 0.0835. The fraction of sp³-hybridized carbons (Fsp3) is 0.786. The summed E-state index contributed by atoms with van der Waals surface area (Å²) in [4.78, 5) is 13.5. The van der Waals surface area contributed by atoms with Crippen LogP contribution in [0, 0.1) is 5.92 Å². The molecule has 2 N–H and O–H groups in total. The number of hydrogen-bond donors (Lipinski definition) is 2. The molecule has 3 atom stereocenters. The fourth-order valence-corrected chi connectivity index (χ4v) is 2.90. The van der Waals surface area contributed by atoms with Gasteiger partial charge in [0.1, 0.15) is 5.72 Å². The molecule has 0 bridgehead atoms. The van der Waals surface area contributed by atoms with E-state index in [9.17, 15) is 9.90 Å². The summed E-state index contributed by atoms with van der Waals surface area (Å²) < 4.78 is 4.64. The third-order valence-electron chi connectivity index (χ3n) is 3.87. The second kappa shape index (κ2) is 6.39. The van der Waals surface area contributed by atoms with E-state index in [1.165, 1.54) is 7.11 Å². The van der Waals surface area contributed by atoms with Crippen molar-refractivity contribution in [3.05, 3.63) is 12.7 Å². The number of rotatable bonds is 5. The normalized spacial score (nSPS) is 24.8. The molecule has 19 heavy (non-hydrogen) atoms. The van der Waals surface area contributed by atoms with Crippen LogP contribution in [0.5, 0.6) is 0 Å². The molecule has 1 amide bonds. The minimum atomic E-state index is -1.13. The minimum absolute atomic E-state index is 0.0835. The fourth-order valence-electron chi connectivity index (χ4n) is 2.90. The van der Waals surface area contributed by atoms with Gasteiger partial charge in [-0.05, 0) is 25.7 Å². The van der Waals surface area contributed by atoms with Gasteiger partial charge < -0.3 is 15.2 Å². The molecule has 0 aliphatic carbocycles. The summed E-state index contributed by atoms with van der Waals surface area (Å²) >= 11 is 0. The van der Waals surface area contributed by atoms with Crippen molar-refractivity contribution in [2.75, 3.05) is 13.7 Å². The lowest BCUT2D eigenvalue weighted by atomic mass is 9.92. The molecule has 1 aliphatic rings. The van der Waals surface area contributed by atoms with Crippen molar-refractivity contribution in [3.63, 3.8) is 0 Å². The Balaban J connectivity index is 2.91. The number of aliphatic hydroxyl groups is 1. The second-order valence-corrected chi connectivity index (χ2v) is 5.59. The molecule has 1 aliphatic heterocycles. The summed E-state index contributed by atoms with van der Waals surface area (Å²) in [7, 11) is 1.32. The van der Waals surface area contributed by atoms with E-state index in [1.54, 1.807) is 6.92 Å². The Hall–Kier alpha value is -1.07. The lowest BCUT2D eigenvalue weighted by Gasteiger charge is -2.44. The van der Waals surface area contributed by atoms with E-state index in [2.05, 4.69) is 16.6 Å². The molecular weight excluding hydrogens is 244 g/mol. The van der Waals surface area contributed by atoms with E-state index >= 15 is 0 Å². The van der Waals surface area contributed by atoms with Gasteiger partial charge in [-0.25, -0.2) is 4.79 Å². The van der Waals surface area contributed by atoms with Crippen molar-refractivity contribution in [1.82, 2.24) is 10.2 Å². The van der Waals surface area contributed by atoms with Crippen molar-refractivity contribution >= 4 is 6.09 Å². The van der Waals surface area contributed by atoms with Crippen LogP contribution in [0.1, 0.15) is 33.6 Å². The highest BCUT2D eigenvalue weighted by Crippen LogP contribution is 2.30. The highest BCUT2D eigenvalue weighted by molar-refractivity contribution is 5.67. The molecule has 0 radical (unpaired) electrons. The molecule has 0 spiro atoms. The Morgan fingerprint density at radius 2 is 2.26 bits per heavy atom.